The van der Waals surface area contributed by atoms with Gasteiger partial charge in [0.25, 0.3) is 0 Å². The lowest BCUT2D eigenvalue weighted by atomic mass is 9.84. The van der Waals surface area contributed by atoms with Crippen LogP contribution in [-0.2, 0) is 0 Å². The minimum atomic E-state index is 1.28. The molecular formula is C66H48. The second-order valence-corrected chi connectivity index (χ2v) is 19.9. The minimum absolute atomic E-state index is 1.28. The SMILES string of the molecule is Cc1ccc(-c2ccc(-c3ccc(C)c(C)c3)c3c4cc5ccc6cc7c8c(-c9ccc(C)c(C)c9)ccc(-c9ccc(C)c(C)c9)c8c8ccc9c%10ccc(c23)c4c%10c5c6c9c87)cc1C. The van der Waals surface area contributed by atoms with Crippen LogP contribution in [0.4, 0.5) is 0 Å². The molecule has 0 aromatic heterocycles. The fourth-order valence-corrected chi connectivity index (χ4v) is 12.3. The lowest BCUT2D eigenvalue weighted by Gasteiger charge is -2.19. The first kappa shape index (κ1) is 37.8. The summed E-state index contributed by atoms with van der Waals surface area (Å²) in [6.45, 7) is 17.8. The van der Waals surface area contributed by atoms with Gasteiger partial charge in [-0.05, 0) is 253 Å². The van der Waals surface area contributed by atoms with Gasteiger partial charge < -0.3 is 0 Å². The van der Waals surface area contributed by atoms with Gasteiger partial charge in [0.1, 0.15) is 0 Å². The molecular weight excluding hydrogens is 793 g/mol. The molecule has 0 atom stereocenters. The lowest BCUT2D eigenvalue weighted by Crippen LogP contribution is -1.90. The van der Waals surface area contributed by atoms with Crippen LogP contribution >= 0.6 is 0 Å². The Bertz CT molecular complexity index is 4120. The first-order valence-corrected chi connectivity index (χ1v) is 23.7. The summed E-state index contributed by atoms with van der Waals surface area (Å²) in [5.41, 5.74) is 20.9. The van der Waals surface area contributed by atoms with Crippen molar-refractivity contribution in [2.75, 3.05) is 0 Å². The molecule has 0 heteroatoms. The van der Waals surface area contributed by atoms with Crippen molar-refractivity contribution in [2.24, 2.45) is 0 Å². The standard InChI is InChI=1S/C66H48/c1-33-9-13-41(27-37(33)5)47-19-21-49(43-15-11-35(3)39(7)29-43)61-55-31-45-17-18-46-32-56-62-50(44-16-12-36(4)40(8)30-44)22-20-48(42-14-10-34(2)38(6)28-42)60(62)54-26-24-52-51-23-25-53(59(47)61)63(55)65(51)57(45)58(46)66(52)64(54)56/h9-32H,1-8H3. The molecule has 0 spiro atoms. The third kappa shape index (κ3) is 4.84. The normalized spacial score (nSPS) is 12.5. The maximum absolute atomic E-state index is 2.55. The molecule has 0 saturated heterocycles. The fraction of sp³-hybridized carbons (Fsp3) is 0.121. The van der Waals surface area contributed by atoms with E-state index in [9.17, 15) is 0 Å². The molecule has 0 bridgehead atoms. The molecule has 14 rings (SSSR count). The van der Waals surface area contributed by atoms with Crippen molar-refractivity contribution in [3.8, 4) is 44.5 Å². The van der Waals surface area contributed by atoms with E-state index in [4.69, 9.17) is 0 Å². The van der Waals surface area contributed by atoms with E-state index < -0.39 is 0 Å². The molecule has 0 unspecified atom stereocenters. The van der Waals surface area contributed by atoms with E-state index in [1.807, 2.05) is 0 Å². The molecule has 14 aromatic rings. The van der Waals surface area contributed by atoms with Gasteiger partial charge in [0.15, 0.2) is 0 Å². The number of aryl methyl sites for hydroxylation is 8. The van der Waals surface area contributed by atoms with Gasteiger partial charge in [-0.2, -0.15) is 0 Å². The summed E-state index contributed by atoms with van der Waals surface area (Å²) in [6, 6.07) is 57.4. The van der Waals surface area contributed by atoms with Crippen molar-refractivity contribution in [1.29, 1.82) is 0 Å². The lowest BCUT2D eigenvalue weighted by molar-refractivity contribution is 1.34. The molecule has 0 saturated carbocycles. The third-order valence-corrected chi connectivity index (χ3v) is 16.4. The van der Waals surface area contributed by atoms with Crippen molar-refractivity contribution in [3.63, 3.8) is 0 Å². The van der Waals surface area contributed by atoms with Crippen LogP contribution in [0.15, 0.2) is 146 Å². The number of hydrogen-bond donors (Lipinski definition) is 0. The summed E-state index contributed by atoms with van der Waals surface area (Å²) in [6.07, 6.45) is 0. The van der Waals surface area contributed by atoms with E-state index >= 15 is 0 Å². The highest BCUT2D eigenvalue weighted by Crippen LogP contribution is 2.56. The summed E-state index contributed by atoms with van der Waals surface area (Å²) < 4.78 is 0. The molecule has 0 heterocycles. The van der Waals surface area contributed by atoms with E-state index in [1.54, 1.807) is 0 Å². The van der Waals surface area contributed by atoms with E-state index in [-0.39, 0.29) is 0 Å². The Morgan fingerprint density at radius 3 is 0.773 bits per heavy atom. The predicted octanol–water partition coefficient (Wildman–Crippen LogP) is 19.0. The molecule has 0 nitrogen and oxygen atoms in total. The Hall–Kier alpha value is -7.54. The Labute approximate surface area is 385 Å². The van der Waals surface area contributed by atoms with Crippen LogP contribution in [0.5, 0.6) is 0 Å². The van der Waals surface area contributed by atoms with Crippen molar-refractivity contribution >= 4 is 97.0 Å². The Morgan fingerprint density at radius 1 is 0.182 bits per heavy atom. The highest BCUT2D eigenvalue weighted by atomic mass is 14.3. The van der Waals surface area contributed by atoms with Gasteiger partial charge in [-0.25, -0.2) is 0 Å². The van der Waals surface area contributed by atoms with Crippen LogP contribution < -0.4 is 0 Å². The molecule has 66 heavy (non-hydrogen) atoms. The number of hydrogen-bond acceptors (Lipinski definition) is 0. The highest BCUT2D eigenvalue weighted by Gasteiger charge is 2.28. The monoisotopic (exact) mass is 840 g/mol. The summed E-state index contributed by atoms with van der Waals surface area (Å²) in [4.78, 5) is 0. The zero-order valence-electron chi connectivity index (χ0n) is 38.9. The molecule has 312 valence electrons. The van der Waals surface area contributed by atoms with E-state index in [0.29, 0.717) is 0 Å². The maximum atomic E-state index is 2.55. The second kappa shape index (κ2) is 13.1. The van der Waals surface area contributed by atoms with Gasteiger partial charge >= 0.3 is 0 Å². The summed E-state index contributed by atoms with van der Waals surface area (Å²) >= 11 is 0. The van der Waals surface area contributed by atoms with Gasteiger partial charge in [0, 0.05) is 0 Å². The molecule has 0 aliphatic rings. The molecule has 0 amide bonds. The van der Waals surface area contributed by atoms with Crippen molar-refractivity contribution in [2.45, 2.75) is 55.4 Å². The molecule has 0 N–H and O–H groups in total. The average Bonchev–Trinajstić information content (AvgIpc) is 3.84. The van der Waals surface area contributed by atoms with Gasteiger partial charge in [0.05, 0.1) is 0 Å². The molecule has 0 fully saturated rings. The Balaban J connectivity index is 1.16. The van der Waals surface area contributed by atoms with Crippen molar-refractivity contribution < 1.29 is 0 Å². The third-order valence-electron chi connectivity index (χ3n) is 16.4. The first-order chi connectivity index (χ1) is 32.0. The predicted molar refractivity (Wildman–Crippen MR) is 288 cm³/mol. The zero-order chi connectivity index (χ0) is 44.6. The molecule has 0 radical (unpaired) electrons. The number of rotatable bonds is 4. The molecule has 0 aliphatic heterocycles. The van der Waals surface area contributed by atoms with Gasteiger partial charge in [-0.15, -0.1) is 0 Å². The van der Waals surface area contributed by atoms with Crippen LogP contribution in [0.25, 0.3) is 141 Å². The Morgan fingerprint density at radius 2 is 0.470 bits per heavy atom. The van der Waals surface area contributed by atoms with Crippen LogP contribution in [0, 0.1) is 55.4 Å². The van der Waals surface area contributed by atoms with E-state index in [1.165, 1.54) is 186 Å². The average molecular weight is 841 g/mol. The Kier molecular flexibility index (Phi) is 7.48. The summed E-state index contributed by atoms with van der Waals surface area (Å²) in [7, 11) is 0. The van der Waals surface area contributed by atoms with Crippen LogP contribution in [0.3, 0.4) is 0 Å². The van der Waals surface area contributed by atoms with Crippen molar-refractivity contribution in [1.82, 2.24) is 0 Å². The van der Waals surface area contributed by atoms with E-state index in [0.717, 1.165) is 0 Å². The topological polar surface area (TPSA) is 0 Å². The molecule has 14 aromatic carbocycles. The number of benzene rings is 12. The highest BCUT2D eigenvalue weighted by molar-refractivity contribution is 6.51. The minimum Gasteiger partial charge on any atom is -0.0584 e. The van der Waals surface area contributed by atoms with Crippen molar-refractivity contribution in [3.05, 3.63) is 190 Å². The van der Waals surface area contributed by atoms with Crippen LogP contribution in [0.1, 0.15) is 44.5 Å². The summed E-state index contributed by atoms with van der Waals surface area (Å²) in [5, 5.41) is 24.5. The van der Waals surface area contributed by atoms with Gasteiger partial charge in [-0.3, -0.25) is 0 Å². The zero-order valence-corrected chi connectivity index (χ0v) is 38.9. The van der Waals surface area contributed by atoms with Crippen LogP contribution in [0.2, 0.25) is 0 Å². The van der Waals surface area contributed by atoms with Gasteiger partial charge in [-0.1, -0.05) is 133 Å². The maximum Gasteiger partial charge on any atom is -0.000761 e. The first-order valence-electron chi connectivity index (χ1n) is 23.7. The second-order valence-electron chi connectivity index (χ2n) is 19.9. The summed E-state index contributed by atoms with van der Waals surface area (Å²) in [5.74, 6) is 0. The smallest absolute Gasteiger partial charge is 0.000761 e. The largest absolute Gasteiger partial charge is 0.0584 e. The fourth-order valence-electron chi connectivity index (χ4n) is 12.3. The van der Waals surface area contributed by atoms with Crippen LogP contribution in [-0.4, -0.2) is 0 Å². The number of fused-ring (bicyclic) bond motifs is 7. The van der Waals surface area contributed by atoms with Gasteiger partial charge in [0.2, 0.25) is 0 Å². The quantitative estimate of drug-likeness (QED) is 0.122. The van der Waals surface area contributed by atoms with E-state index in [2.05, 4.69) is 201 Å². The molecule has 0 aliphatic carbocycles.